The molecule has 0 aliphatic rings. The van der Waals surface area contributed by atoms with Crippen molar-refractivity contribution in [2.45, 2.75) is 289 Å². The van der Waals surface area contributed by atoms with Crippen molar-refractivity contribution in [2.75, 3.05) is 13.2 Å². The Morgan fingerprint density at radius 2 is 0.825 bits per heavy atom. The van der Waals surface area contributed by atoms with Crippen molar-refractivity contribution in [3.8, 4) is 0 Å². The number of amides is 1. The van der Waals surface area contributed by atoms with Gasteiger partial charge in [-0.1, -0.05) is 219 Å². The van der Waals surface area contributed by atoms with Crippen LogP contribution in [0.3, 0.4) is 0 Å². The molecule has 0 rings (SSSR count). The number of aliphatic hydroxyl groups excluding tert-OH is 2. The molecule has 6 nitrogen and oxygen atoms in total. The predicted molar refractivity (Wildman–Crippen MR) is 246 cm³/mol. The van der Waals surface area contributed by atoms with E-state index in [9.17, 15) is 19.8 Å². The Morgan fingerprint density at radius 3 is 1.25 bits per heavy atom. The second-order valence-electron chi connectivity index (χ2n) is 17.5. The van der Waals surface area contributed by atoms with Gasteiger partial charge in [-0.25, -0.2) is 0 Å². The molecule has 6 heteroatoms. The average Bonchev–Trinajstić information content (AvgIpc) is 3.21. The van der Waals surface area contributed by atoms with Crippen LogP contribution in [0.1, 0.15) is 277 Å². The highest BCUT2D eigenvalue weighted by Gasteiger charge is 2.20. The summed E-state index contributed by atoms with van der Waals surface area (Å²) >= 11 is 0. The van der Waals surface area contributed by atoms with Crippen LogP contribution in [0, 0.1) is 0 Å². The maximum absolute atomic E-state index is 12.4. The number of carbonyl (C=O) groups is 2. The Kier molecular flexibility index (Phi) is 46.1. The third kappa shape index (κ3) is 44.0. The largest absolute Gasteiger partial charge is 0.466 e. The van der Waals surface area contributed by atoms with Crippen LogP contribution in [0.5, 0.6) is 0 Å². The van der Waals surface area contributed by atoms with E-state index in [0.29, 0.717) is 25.9 Å². The van der Waals surface area contributed by atoms with Crippen LogP contribution in [0.25, 0.3) is 0 Å². The van der Waals surface area contributed by atoms with Crippen LogP contribution in [-0.2, 0) is 14.3 Å². The molecule has 0 saturated heterocycles. The minimum Gasteiger partial charge on any atom is -0.466 e. The summed E-state index contributed by atoms with van der Waals surface area (Å²) in [5, 5.41) is 23.2. The molecule has 0 aromatic heterocycles. The number of esters is 1. The molecule has 0 bridgehead atoms. The Labute approximate surface area is 355 Å². The highest BCUT2D eigenvalue weighted by atomic mass is 16.5. The van der Waals surface area contributed by atoms with Gasteiger partial charge >= 0.3 is 5.97 Å². The normalized spacial score (nSPS) is 12.7. The summed E-state index contributed by atoms with van der Waals surface area (Å²) in [6.07, 6.45) is 53.2. The summed E-state index contributed by atoms with van der Waals surface area (Å²) in [5.74, 6) is -0.0811. The van der Waals surface area contributed by atoms with Crippen molar-refractivity contribution in [1.29, 1.82) is 0 Å². The quantitative estimate of drug-likeness (QED) is 0.0323. The molecule has 3 N–H and O–H groups in total. The van der Waals surface area contributed by atoms with Crippen LogP contribution >= 0.6 is 0 Å². The minimum atomic E-state index is -0.679. The van der Waals surface area contributed by atoms with Gasteiger partial charge in [0, 0.05) is 12.8 Å². The van der Waals surface area contributed by atoms with Crippen molar-refractivity contribution in [3.05, 3.63) is 12.2 Å². The summed E-state index contributed by atoms with van der Waals surface area (Å²) in [6, 6.07) is -0.558. The molecule has 0 aromatic rings. The van der Waals surface area contributed by atoms with Gasteiger partial charge in [0.1, 0.15) is 0 Å². The van der Waals surface area contributed by atoms with Gasteiger partial charge in [-0.3, -0.25) is 9.59 Å². The van der Waals surface area contributed by atoms with Crippen molar-refractivity contribution in [3.63, 3.8) is 0 Å². The number of hydrogen-bond acceptors (Lipinski definition) is 5. The Morgan fingerprint density at radius 1 is 0.474 bits per heavy atom. The average molecular weight is 806 g/mol. The number of carbonyl (C=O) groups excluding carboxylic acids is 2. The topological polar surface area (TPSA) is 95.9 Å². The molecule has 0 aromatic carbocycles. The number of rotatable bonds is 47. The lowest BCUT2D eigenvalue weighted by Crippen LogP contribution is -2.45. The lowest BCUT2D eigenvalue weighted by Gasteiger charge is -2.22. The molecule has 0 saturated carbocycles. The maximum Gasteiger partial charge on any atom is 0.305 e. The maximum atomic E-state index is 12.4. The Hall–Kier alpha value is -1.40. The highest BCUT2D eigenvalue weighted by Crippen LogP contribution is 2.16. The lowest BCUT2D eigenvalue weighted by atomic mass is 10.0. The first-order chi connectivity index (χ1) is 28.0. The first-order valence-electron chi connectivity index (χ1n) is 25.4. The van der Waals surface area contributed by atoms with Gasteiger partial charge in [-0.05, 0) is 57.8 Å². The van der Waals surface area contributed by atoms with E-state index in [1.807, 2.05) is 0 Å². The number of allylic oxidation sites excluding steroid dienone is 2. The third-order valence-corrected chi connectivity index (χ3v) is 11.8. The van der Waals surface area contributed by atoms with Gasteiger partial charge in [0.15, 0.2) is 0 Å². The number of unbranched alkanes of at least 4 members (excludes halogenated alkanes) is 34. The van der Waals surface area contributed by atoms with E-state index >= 15 is 0 Å². The van der Waals surface area contributed by atoms with Crippen LogP contribution < -0.4 is 5.32 Å². The van der Waals surface area contributed by atoms with Gasteiger partial charge < -0.3 is 20.3 Å². The second-order valence-corrected chi connectivity index (χ2v) is 17.5. The van der Waals surface area contributed by atoms with Gasteiger partial charge in [-0.2, -0.15) is 0 Å². The van der Waals surface area contributed by atoms with E-state index in [1.165, 1.54) is 167 Å². The zero-order valence-electron chi connectivity index (χ0n) is 38.3. The number of hydrogen-bond donors (Lipinski definition) is 3. The molecule has 0 radical (unpaired) electrons. The van der Waals surface area contributed by atoms with Crippen molar-refractivity contribution < 1.29 is 24.5 Å². The molecule has 338 valence electrons. The highest BCUT2D eigenvalue weighted by molar-refractivity contribution is 5.76. The second kappa shape index (κ2) is 47.3. The standard InChI is InChI=1S/C51H99NO5/c1-3-5-7-9-11-13-15-17-18-19-20-23-27-31-35-39-43-49(54)48(47-53)52-50(55)44-40-36-32-28-24-21-22-26-30-34-38-42-46-57-51(56)45-41-37-33-29-25-16-14-12-10-8-6-4-2/h22,26,48-49,53-54H,3-21,23-25,27-47H2,1-2H3,(H,52,55)/b26-22-. The van der Waals surface area contributed by atoms with Crippen LogP contribution in [0.15, 0.2) is 12.2 Å². The molecule has 57 heavy (non-hydrogen) atoms. The van der Waals surface area contributed by atoms with E-state index in [4.69, 9.17) is 4.74 Å². The summed E-state index contributed by atoms with van der Waals surface area (Å²) in [5.41, 5.74) is 0. The molecular weight excluding hydrogens is 707 g/mol. The molecule has 0 fully saturated rings. The summed E-state index contributed by atoms with van der Waals surface area (Å²) in [6.45, 7) is 4.90. The fourth-order valence-corrected chi connectivity index (χ4v) is 7.87. The zero-order valence-corrected chi connectivity index (χ0v) is 38.3. The minimum absolute atomic E-state index is 0.0218. The summed E-state index contributed by atoms with van der Waals surface area (Å²) < 4.78 is 5.43. The number of aliphatic hydroxyl groups is 2. The lowest BCUT2D eigenvalue weighted by molar-refractivity contribution is -0.143. The van der Waals surface area contributed by atoms with Crippen LogP contribution in [-0.4, -0.2) is 47.4 Å². The van der Waals surface area contributed by atoms with Gasteiger partial charge in [-0.15, -0.1) is 0 Å². The number of nitrogens with one attached hydrogen (secondary N) is 1. The first-order valence-corrected chi connectivity index (χ1v) is 25.4. The molecule has 0 spiro atoms. The first kappa shape index (κ1) is 55.6. The fraction of sp³-hybridized carbons (Fsp3) is 0.922. The van der Waals surface area contributed by atoms with Gasteiger partial charge in [0.25, 0.3) is 0 Å². The van der Waals surface area contributed by atoms with Gasteiger partial charge in [0.05, 0.1) is 25.4 Å². The van der Waals surface area contributed by atoms with E-state index in [-0.39, 0.29) is 18.5 Å². The predicted octanol–water partition coefficient (Wildman–Crippen LogP) is 15.0. The Balaban J connectivity index is 3.51. The smallest absolute Gasteiger partial charge is 0.305 e. The summed E-state index contributed by atoms with van der Waals surface area (Å²) in [4.78, 5) is 24.4. The molecule has 2 atom stereocenters. The SMILES string of the molecule is CCCCCCCCCCCCCCCCCCC(O)C(CO)NC(=O)CCCCCCC/C=C\CCCCCOC(=O)CCCCCCCCCCCCCC. The molecule has 1 amide bonds. The number of ether oxygens (including phenoxy) is 1. The van der Waals surface area contributed by atoms with E-state index in [2.05, 4.69) is 31.3 Å². The van der Waals surface area contributed by atoms with Crippen molar-refractivity contribution in [1.82, 2.24) is 5.32 Å². The van der Waals surface area contributed by atoms with Crippen molar-refractivity contribution in [2.24, 2.45) is 0 Å². The van der Waals surface area contributed by atoms with Crippen molar-refractivity contribution >= 4 is 11.9 Å². The monoisotopic (exact) mass is 806 g/mol. The van der Waals surface area contributed by atoms with E-state index in [0.717, 1.165) is 77.0 Å². The van der Waals surface area contributed by atoms with Gasteiger partial charge in [0.2, 0.25) is 5.91 Å². The summed E-state index contributed by atoms with van der Waals surface area (Å²) in [7, 11) is 0. The van der Waals surface area contributed by atoms with E-state index in [1.54, 1.807) is 0 Å². The van der Waals surface area contributed by atoms with E-state index < -0.39 is 12.1 Å². The zero-order chi connectivity index (χ0) is 41.5. The molecule has 0 heterocycles. The van der Waals surface area contributed by atoms with Crippen LogP contribution in [0.4, 0.5) is 0 Å². The molecule has 2 unspecified atom stereocenters. The Bertz CT molecular complexity index is 847. The van der Waals surface area contributed by atoms with Crippen LogP contribution in [0.2, 0.25) is 0 Å². The fourth-order valence-electron chi connectivity index (χ4n) is 7.87. The molecule has 0 aliphatic carbocycles. The third-order valence-electron chi connectivity index (χ3n) is 11.8. The molecule has 0 aliphatic heterocycles. The molecular formula is C51H99NO5.